The Bertz CT molecular complexity index is 731. The molecule has 0 saturated carbocycles. The van der Waals surface area contributed by atoms with Gasteiger partial charge in [0.25, 0.3) is 5.91 Å². The van der Waals surface area contributed by atoms with Gasteiger partial charge < -0.3 is 10.6 Å². The minimum absolute atomic E-state index is 0.112. The molecule has 0 aliphatic carbocycles. The molecule has 1 aromatic heterocycles. The lowest BCUT2D eigenvalue weighted by atomic mass is 9.98. The van der Waals surface area contributed by atoms with Crippen molar-refractivity contribution in [3.63, 3.8) is 0 Å². The van der Waals surface area contributed by atoms with Crippen LogP contribution in [0.15, 0.2) is 36.5 Å². The van der Waals surface area contributed by atoms with Crippen LogP contribution in [0.25, 0.3) is 0 Å². The summed E-state index contributed by atoms with van der Waals surface area (Å²) in [5.74, 6) is -0.795. The van der Waals surface area contributed by atoms with Crippen molar-refractivity contribution >= 4 is 5.91 Å². The molecular formula is C16H18F3N5O. The molecule has 2 N–H and O–H groups in total. The zero-order valence-corrected chi connectivity index (χ0v) is 13.4. The zero-order valence-electron chi connectivity index (χ0n) is 13.4. The molecule has 1 fully saturated rings. The van der Waals surface area contributed by atoms with Gasteiger partial charge in [-0.2, -0.15) is 13.2 Å². The molecule has 25 heavy (non-hydrogen) atoms. The van der Waals surface area contributed by atoms with Crippen molar-refractivity contribution in [3.8, 4) is 0 Å². The van der Waals surface area contributed by atoms with E-state index < -0.39 is 24.2 Å². The van der Waals surface area contributed by atoms with Gasteiger partial charge in [0.05, 0.1) is 12.7 Å². The molecule has 2 aromatic rings. The van der Waals surface area contributed by atoms with Gasteiger partial charge in [-0.25, -0.2) is 4.68 Å². The van der Waals surface area contributed by atoms with Crippen molar-refractivity contribution in [2.24, 2.45) is 5.73 Å². The maximum Gasteiger partial charge on any atom is 0.408 e. The fraction of sp³-hybridized carbons (Fsp3) is 0.438. The number of halogens is 3. The van der Waals surface area contributed by atoms with Crippen molar-refractivity contribution in [2.75, 3.05) is 6.54 Å². The molecule has 6 nitrogen and oxygen atoms in total. The van der Waals surface area contributed by atoms with E-state index >= 15 is 0 Å². The van der Waals surface area contributed by atoms with Crippen LogP contribution in [-0.2, 0) is 6.54 Å². The summed E-state index contributed by atoms with van der Waals surface area (Å²) in [7, 11) is 0. The van der Waals surface area contributed by atoms with Crippen LogP contribution in [0.5, 0.6) is 0 Å². The van der Waals surface area contributed by atoms with Gasteiger partial charge in [-0.1, -0.05) is 35.5 Å². The first kappa shape index (κ1) is 17.4. The number of benzene rings is 1. The Balaban J connectivity index is 1.77. The molecule has 0 radical (unpaired) electrons. The predicted molar refractivity (Wildman–Crippen MR) is 83.7 cm³/mol. The lowest BCUT2D eigenvalue weighted by molar-refractivity contribution is -0.184. The number of hydrogen-bond donors (Lipinski definition) is 1. The Hall–Kier alpha value is -2.42. The number of aromatic nitrogens is 3. The number of likely N-dealkylation sites (tertiary alicyclic amines) is 1. The Morgan fingerprint density at radius 1 is 1.24 bits per heavy atom. The Kier molecular flexibility index (Phi) is 4.76. The maximum atomic E-state index is 13.2. The number of piperidine rings is 1. The highest BCUT2D eigenvalue weighted by Crippen LogP contribution is 2.32. The van der Waals surface area contributed by atoms with Crippen molar-refractivity contribution < 1.29 is 18.0 Å². The number of hydrogen-bond acceptors (Lipinski definition) is 4. The quantitative estimate of drug-likeness (QED) is 0.913. The second kappa shape index (κ2) is 6.83. The average Bonchev–Trinajstić information content (AvgIpc) is 3.02. The van der Waals surface area contributed by atoms with E-state index in [1.165, 1.54) is 10.9 Å². The van der Waals surface area contributed by atoms with Gasteiger partial charge in [0, 0.05) is 12.6 Å². The number of alkyl halides is 3. The number of nitrogens with two attached hydrogens (primary N) is 1. The molecule has 0 bridgehead atoms. The second-order valence-corrected chi connectivity index (χ2v) is 6.14. The lowest BCUT2D eigenvalue weighted by Crippen LogP contribution is -2.56. The van der Waals surface area contributed by atoms with Gasteiger partial charge in [-0.05, 0) is 18.4 Å². The molecular weight excluding hydrogens is 335 g/mol. The smallest absolute Gasteiger partial charge is 0.326 e. The van der Waals surface area contributed by atoms with Crippen LogP contribution < -0.4 is 5.73 Å². The normalized spacial score (nSPS) is 21.4. The summed E-state index contributed by atoms with van der Waals surface area (Å²) >= 11 is 0. The molecule has 9 heteroatoms. The zero-order chi connectivity index (χ0) is 18.0. The topological polar surface area (TPSA) is 77.0 Å². The Morgan fingerprint density at radius 2 is 1.96 bits per heavy atom. The van der Waals surface area contributed by atoms with Crippen LogP contribution in [0.3, 0.4) is 0 Å². The molecule has 2 atom stereocenters. The van der Waals surface area contributed by atoms with E-state index in [4.69, 9.17) is 5.73 Å². The monoisotopic (exact) mass is 353 g/mol. The van der Waals surface area contributed by atoms with E-state index in [-0.39, 0.29) is 25.1 Å². The predicted octanol–water partition coefficient (Wildman–Crippen LogP) is 1.82. The van der Waals surface area contributed by atoms with E-state index in [0.717, 1.165) is 10.5 Å². The van der Waals surface area contributed by atoms with Gasteiger partial charge in [0.1, 0.15) is 6.04 Å². The third-order valence-corrected chi connectivity index (χ3v) is 4.20. The van der Waals surface area contributed by atoms with Crippen molar-refractivity contribution in [3.05, 3.63) is 47.8 Å². The third kappa shape index (κ3) is 3.98. The Labute approximate surface area is 142 Å². The number of carbonyl (C=O) groups is 1. The number of nitrogens with zero attached hydrogens (tertiary/aromatic N) is 4. The van der Waals surface area contributed by atoms with Crippen LogP contribution in [0, 0.1) is 0 Å². The maximum absolute atomic E-state index is 13.2. The van der Waals surface area contributed by atoms with Crippen LogP contribution in [0.4, 0.5) is 13.2 Å². The number of rotatable bonds is 3. The highest BCUT2D eigenvalue weighted by atomic mass is 19.4. The number of amides is 1. The van der Waals surface area contributed by atoms with E-state index in [0.29, 0.717) is 6.54 Å². The van der Waals surface area contributed by atoms with Gasteiger partial charge in [0.15, 0.2) is 5.69 Å². The molecule has 0 spiro atoms. The largest absolute Gasteiger partial charge is 0.408 e. The fourth-order valence-electron chi connectivity index (χ4n) is 2.96. The summed E-state index contributed by atoms with van der Waals surface area (Å²) in [6.45, 7) is 0.234. The first-order chi connectivity index (χ1) is 11.8. The summed E-state index contributed by atoms with van der Waals surface area (Å²) in [6, 6.07) is 7.05. The first-order valence-corrected chi connectivity index (χ1v) is 7.92. The molecule has 0 unspecified atom stereocenters. The SMILES string of the molecule is N[C@H]1CC[C@H](C(F)(F)F)N(C(=O)c2cn(Cc3ccccc3)nn2)C1. The molecule has 1 saturated heterocycles. The van der Waals surface area contributed by atoms with E-state index in [1.54, 1.807) is 0 Å². The standard InChI is InChI=1S/C16H18F3N5O/c17-16(18,19)14-7-6-12(20)9-24(14)15(25)13-10-23(22-21-13)8-11-4-2-1-3-5-11/h1-5,10,12,14H,6-9,20H2/t12-,14+/m0/s1. The summed E-state index contributed by atoms with van der Waals surface area (Å²) in [5.41, 5.74) is 6.58. The molecule has 1 aliphatic heterocycles. The highest BCUT2D eigenvalue weighted by molar-refractivity contribution is 5.92. The molecule has 1 aromatic carbocycles. The van der Waals surface area contributed by atoms with Crippen LogP contribution in [0.1, 0.15) is 28.9 Å². The Morgan fingerprint density at radius 3 is 2.64 bits per heavy atom. The highest BCUT2D eigenvalue weighted by Gasteiger charge is 2.48. The van der Waals surface area contributed by atoms with Gasteiger partial charge >= 0.3 is 6.18 Å². The average molecular weight is 353 g/mol. The molecule has 134 valence electrons. The minimum atomic E-state index is -4.49. The summed E-state index contributed by atoms with van der Waals surface area (Å²) in [4.78, 5) is 13.3. The summed E-state index contributed by atoms with van der Waals surface area (Å²) in [5, 5.41) is 7.58. The van der Waals surface area contributed by atoms with Gasteiger partial charge in [0.2, 0.25) is 0 Å². The lowest BCUT2D eigenvalue weighted by Gasteiger charge is -2.38. The summed E-state index contributed by atoms with van der Waals surface area (Å²) in [6.07, 6.45) is -3.10. The van der Waals surface area contributed by atoms with Crippen LogP contribution in [0.2, 0.25) is 0 Å². The van der Waals surface area contributed by atoms with Crippen molar-refractivity contribution in [1.82, 2.24) is 19.9 Å². The first-order valence-electron chi connectivity index (χ1n) is 7.92. The minimum Gasteiger partial charge on any atom is -0.326 e. The van der Waals surface area contributed by atoms with Crippen LogP contribution >= 0.6 is 0 Å². The number of carbonyl (C=O) groups excluding carboxylic acids is 1. The van der Waals surface area contributed by atoms with Gasteiger partial charge in [-0.15, -0.1) is 5.10 Å². The van der Waals surface area contributed by atoms with E-state index in [1.807, 2.05) is 30.3 Å². The van der Waals surface area contributed by atoms with Crippen LogP contribution in [-0.4, -0.2) is 50.6 Å². The fourth-order valence-corrected chi connectivity index (χ4v) is 2.96. The van der Waals surface area contributed by atoms with E-state index in [9.17, 15) is 18.0 Å². The van der Waals surface area contributed by atoms with Crippen molar-refractivity contribution in [1.29, 1.82) is 0 Å². The molecule has 3 rings (SSSR count). The van der Waals surface area contributed by atoms with Gasteiger partial charge in [-0.3, -0.25) is 4.79 Å². The van der Waals surface area contributed by atoms with E-state index in [2.05, 4.69) is 10.3 Å². The molecule has 2 heterocycles. The van der Waals surface area contributed by atoms with Crippen molar-refractivity contribution in [2.45, 2.75) is 37.6 Å². The summed E-state index contributed by atoms with van der Waals surface area (Å²) < 4.78 is 41.1. The third-order valence-electron chi connectivity index (χ3n) is 4.20. The molecule has 1 amide bonds. The molecule has 1 aliphatic rings. The second-order valence-electron chi connectivity index (χ2n) is 6.14.